The summed E-state index contributed by atoms with van der Waals surface area (Å²) in [6.45, 7) is 5.41. The minimum absolute atomic E-state index is 0.667. The van der Waals surface area contributed by atoms with E-state index in [0.717, 1.165) is 24.4 Å². The molecule has 0 radical (unpaired) electrons. The maximum Gasteiger partial charge on any atom is 0.0586 e. The summed E-state index contributed by atoms with van der Waals surface area (Å²) in [6, 6.07) is 0. The van der Waals surface area contributed by atoms with Crippen molar-refractivity contribution in [3.05, 3.63) is 0 Å². The zero-order valence-electron chi connectivity index (χ0n) is 7.58. The van der Waals surface area contributed by atoms with Crippen LogP contribution in [0.3, 0.4) is 0 Å². The van der Waals surface area contributed by atoms with Crippen LogP contribution in [0.25, 0.3) is 0 Å². The van der Waals surface area contributed by atoms with Gasteiger partial charge in [-0.05, 0) is 12.8 Å². The van der Waals surface area contributed by atoms with E-state index in [1.54, 1.807) is 0 Å². The third-order valence-corrected chi connectivity index (χ3v) is 4.09. The SMILES string of the molecule is CC1CNC(C2CCCOC2)S1. The van der Waals surface area contributed by atoms with Gasteiger partial charge in [0.05, 0.1) is 12.0 Å². The van der Waals surface area contributed by atoms with Crippen LogP contribution in [0, 0.1) is 5.92 Å². The number of thioether (sulfide) groups is 1. The zero-order valence-corrected chi connectivity index (χ0v) is 8.40. The largest absolute Gasteiger partial charge is 0.381 e. The van der Waals surface area contributed by atoms with Crippen LogP contribution in [0.4, 0.5) is 0 Å². The van der Waals surface area contributed by atoms with Crippen molar-refractivity contribution in [1.29, 1.82) is 0 Å². The molecule has 3 atom stereocenters. The van der Waals surface area contributed by atoms with Crippen molar-refractivity contribution in [2.75, 3.05) is 19.8 Å². The topological polar surface area (TPSA) is 21.3 Å². The van der Waals surface area contributed by atoms with Gasteiger partial charge in [0, 0.05) is 24.3 Å². The smallest absolute Gasteiger partial charge is 0.0586 e. The fraction of sp³-hybridized carbons (Fsp3) is 1.00. The lowest BCUT2D eigenvalue weighted by atomic mass is 10.0. The molecule has 2 fully saturated rings. The summed E-state index contributed by atoms with van der Waals surface area (Å²) < 4.78 is 5.48. The lowest BCUT2D eigenvalue weighted by molar-refractivity contribution is 0.0517. The van der Waals surface area contributed by atoms with Gasteiger partial charge in [0.25, 0.3) is 0 Å². The molecule has 3 heteroatoms. The van der Waals surface area contributed by atoms with Gasteiger partial charge in [0.1, 0.15) is 0 Å². The molecule has 0 aliphatic carbocycles. The summed E-state index contributed by atoms with van der Waals surface area (Å²) in [5.41, 5.74) is 0. The van der Waals surface area contributed by atoms with Gasteiger partial charge in [-0.2, -0.15) is 0 Å². The predicted molar refractivity (Wildman–Crippen MR) is 52.4 cm³/mol. The molecule has 0 spiro atoms. The first-order chi connectivity index (χ1) is 5.86. The Morgan fingerprint density at radius 1 is 1.50 bits per heavy atom. The van der Waals surface area contributed by atoms with Crippen LogP contribution in [0.2, 0.25) is 0 Å². The van der Waals surface area contributed by atoms with Gasteiger partial charge in [0.2, 0.25) is 0 Å². The van der Waals surface area contributed by atoms with Crippen molar-refractivity contribution in [1.82, 2.24) is 5.32 Å². The van der Waals surface area contributed by atoms with Gasteiger partial charge < -0.3 is 10.1 Å². The van der Waals surface area contributed by atoms with E-state index in [4.69, 9.17) is 4.74 Å². The first kappa shape index (κ1) is 8.85. The quantitative estimate of drug-likeness (QED) is 0.671. The molecule has 3 unspecified atom stereocenters. The summed E-state index contributed by atoms with van der Waals surface area (Å²) >= 11 is 2.08. The number of nitrogens with one attached hydrogen (secondary N) is 1. The van der Waals surface area contributed by atoms with Gasteiger partial charge in [-0.15, -0.1) is 11.8 Å². The molecule has 2 heterocycles. The van der Waals surface area contributed by atoms with Crippen LogP contribution in [0.5, 0.6) is 0 Å². The molecule has 0 amide bonds. The summed E-state index contributed by atoms with van der Waals surface area (Å²) in [5.74, 6) is 0.758. The molecule has 2 aliphatic heterocycles. The fourth-order valence-electron chi connectivity index (χ4n) is 1.91. The molecular weight excluding hydrogens is 170 g/mol. The van der Waals surface area contributed by atoms with E-state index < -0.39 is 0 Å². The Labute approximate surface area is 78.4 Å². The van der Waals surface area contributed by atoms with Crippen molar-refractivity contribution in [3.63, 3.8) is 0 Å². The summed E-state index contributed by atoms with van der Waals surface area (Å²) in [5, 5.41) is 5.01. The van der Waals surface area contributed by atoms with Crippen molar-refractivity contribution < 1.29 is 4.74 Å². The van der Waals surface area contributed by atoms with E-state index in [-0.39, 0.29) is 0 Å². The Morgan fingerprint density at radius 3 is 3.00 bits per heavy atom. The highest BCUT2D eigenvalue weighted by atomic mass is 32.2. The van der Waals surface area contributed by atoms with Crippen LogP contribution in [0.15, 0.2) is 0 Å². The summed E-state index contributed by atoms with van der Waals surface area (Å²) in [6.07, 6.45) is 2.59. The molecule has 1 N–H and O–H groups in total. The first-order valence-corrected chi connectivity index (χ1v) is 5.77. The van der Waals surface area contributed by atoms with Crippen LogP contribution < -0.4 is 5.32 Å². The average Bonchev–Trinajstić information content (AvgIpc) is 2.54. The monoisotopic (exact) mass is 187 g/mol. The molecule has 70 valence electrons. The van der Waals surface area contributed by atoms with E-state index in [2.05, 4.69) is 24.0 Å². The van der Waals surface area contributed by atoms with Crippen LogP contribution in [-0.2, 0) is 4.74 Å². The Morgan fingerprint density at radius 2 is 2.42 bits per heavy atom. The normalized spacial score (nSPS) is 43.2. The molecular formula is C9H17NOS. The van der Waals surface area contributed by atoms with Crippen molar-refractivity contribution in [2.24, 2.45) is 5.92 Å². The predicted octanol–water partition coefficient (Wildman–Crippen LogP) is 1.46. The van der Waals surface area contributed by atoms with E-state index >= 15 is 0 Å². The summed E-state index contributed by atoms with van der Waals surface area (Å²) in [7, 11) is 0. The molecule has 2 nitrogen and oxygen atoms in total. The van der Waals surface area contributed by atoms with Crippen molar-refractivity contribution in [2.45, 2.75) is 30.4 Å². The van der Waals surface area contributed by atoms with Gasteiger partial charge in [0.15, 0.2) is 0 Å². The second-order valence-electron chi connectivity index (χ2n) is 3.75. The zero-order chi connectivity index (χ0) is 8.39. The van der Waals surface area contributed by atoms with Crippen LogP contribution in [0.1, 0.15) is 19.8 Å². The molecule has 2 rings (SSSR count). The average molecular weight is 187 g/mol. The third kappa shape index (κ3) is 1.95. The van der Waals surface area contributed by atoms with Gasteiger partial charge in [-0.3, -0.25) is 0 Å². The molecule has 12 heavy (non-hydrogen) atoms. The second kappa shape index (κ2) is 3.99. The highest BCUT2D eigenvalue weighted by molar-refractivity contribution is 8.00. The third-order valence-electron chi connectivity index (χ3n) is 2.61. The standard InChI is InChI=1S/C9H17NOS/c1-7-5-10-9(12-7)8-3-2-4-11-6-8/h7-10H,2-6H2,1H3. The van der Waals surface area contributed by atoms with E-state index in [9.17, 15) is 0 Å². The maximum atomic E-state index is 5.48. The Kier molecular flexibility index (Phi) is 2.94. The number of hydrogen-bond acceptors (Lipinski definition) is 3. The molecule has 2 aliphatic rings. The van der Waals surface area contributed by atoms with Crippen LogP contribution >= 0.6 is 11.8 Å². The van der Waals surface area contributed by atoms with Crippen molar-refractivity contribution in [3.8, 4) is 0 Å². The molecule has 0 saturated carbocycles. The molecule has 0 aromatic carbocycles. The Bertz CT molecular complexity index is 145. The fourth-order valence-corrected chi connectivity index (χ4v) is 3.23. The highest BCUT2D eigenvalue weighted by Gasteiger charge is 2.29. The first-order valence-electron chi connectivity index (χ1n) is 4.83. The summed E-state index contributed by atoms with van der Waals surface area (Å²) in [4.78, 5) is 0. The van der Waals surface area contributed by atoms with Gasteiger partial charge >= 0.3 is 0 Å². The minimum atomic E-state index is 0.667. The van der Waals surface area contributed by atoms with Crippen molar-refractivity contribution >= 4 is 11.8 Å². The van der Waals surface area contributed by atoms with E-state index in [0.29, 0.717) is 5.37 Å². The molecule has 0 aromatic heterocycles. The lowest BCUT2D eigenvalue weighted by Crippen LogP contribution is -2.34. The molecule has 0 bridgehead atoms. The van der Waals surface area contributed by atoms with Crippen LogP contribution in [-0.4, -0.2) is 30.4 Å². The van der Waals surface area contributed by atoms with E-state index in [1.165, 1.54) is 19.4 Å². The number of hydrogen-bond donors (Lipinski definition) is 1. The lowest BCUT2D eigenvalue weighted by Gasteiger charge is -2.26. The number of ether oxygens (including phenoxy) is 1. The highest BCUT2D eigenvalue weighted by Crippen LogP contribution is 2.31. The van der Waals surface area contributed by atoms with E-state index in [1.807, 2.05) is 0 Å². The van der Waals surface area contributed by atoms with Gasteiger partial charge in [-0.1, -0.05) is 6.92 Å². The number of rotatable bonds is 1. The Balaban J connectivity index is 1.83. The molecule has 0 aromatic rings. The molecule has 2 saturated heterocycles. The minimum Gasteiger partial charge on any atom is -0.381 e. The van der Waals surface area contributed by atoms with Gasteiger partial charge in [-0.25, -0.2) is 0 Å². The second-order valence-corrected chi connectivity index (χ2v) is 5.34. The maximum absolute atomic E-state index is 5.48. The Hall–Kier alpha value is 0.270.